The van der Waals surface area contributed by atoms with Crippen molar-refractivity contribution >= 4 is 17.3 Å². The zero-order valence-electron chi connectivity index (χ0n) is 19.3. The third kappa shape index (κ3) is 3.88. The monoisotopic (exact) mass is 457 g/mol. The number of likely N-dealkylation sites (N-methyl/N-ethyl adjacent to an activating group) is 1. The van der Waals surface area contributed by atoms with E-state index < -0.39 is 0 Å². The summed E-state index contributed by atoms with van der Waals surface area (Å²) in [6.45, 7) is 4.91. The van der Waals surface area contributed by atoms with Crippen molar-refractivity contribution in [2.45, 2.75) is 18.9 Å². The maximum absolute atomic E-state index is 13.9. The summed E-state index contributed by atoms with van der Waals surface area (Å²) < 4.78 is 15.8. The first kappa shape index (κ1) is 21.0. The van der Waals surface area contributed by atoms with Crippen molar-refractivity contribution in [1.29, 1.82) is 0 Å². The molecule has 5 heterocycles. The summed E-state index contributed by atoms with van der Waals surface area (Å²) in [6, 6.07) is 15.2. The highest BCUT2D eigenvalue weighted by Gasteiger charge is 2.28. The molecule has 0 N–H and O–H groups in total. The SMILES string of the molecule is CN1CCN(c2cc(-c3cnc4ccc(N5CCCC5c5cccc(F)c5)nn34)ccn2)CC1. The first-order chi connectivity index (χ1) is 16.7. The predicted molar refractivity (Wildman–Crippen MR) is 132 cm³/mol. The highest BCUT2D eigenvalue weighted by Crippen LogP contribution is 2.36. The van der Waals surface area contributed by atoms with Crippen molar-refractivity contribution in [3.8, 4) is 11.3 Å². The molecule has 2 fully saturated rings. The molecule has 4 aromatic rings. The summed E-state index contributed by atoms with van der Waals surface area (Å²) in [5.41, 5.74) is 3.79. The molecule has 174 valence electrons. The van der Waals surface area contributed by atoms with Crippen molar-refractivity contribution in [2.24, 2.45) is 0 Å². The summed E-state index contributed by atoms with van der Waals surface area (Å²) in [4.78, 5) is 16.2. The van der Waals surface area contributed by atoms with E-state index in [-0.39, 0.29) is 11.9 Å². The van der Waals surface area contributed by atoms with Crippen LogP contribution >= 0.6 is 0 Å². The summed E-state index contributed by atoms with van der Waals surface area (Å²) in [7, 11) is 2.15. The number of benzene rings is 1. The molecule has 34 heavy (non-hydrogen) atoms. The molecule has 1 atom stereocenters. The normalized spacial score (nSPS) is 19.3. The van der Waals surface area contributed by atoms with E-state index >= 15 is 0 Å². The Balaban J connectivity index is 1.34. The van der Waals surface area contributed by atoms with Gasteiger partial charge in [0.2, 0.25) is 0 Å². The minimum Gasteiger partial charge on any atom is -0.354 e. The summed E-state index contributed by atoms with van der Waals surface area (Å²) in [5.74, 6) is 1.67. The molecule has 0 spiro atoms. The lowest BCUT2D eigenvalue weighted by atomic mass is 10.0. The first-order valence-corrected chi connectivity index (χ1v) is 11.9. The molecule has 7 nitrogen and oxygen atoms in total. The second kappa shape index (κ2) is 8.68. The van der Waals surface area contributed by atoms with Gasteiger partial charge in [0.05, 0.1) is 17.9 Å². The number of hydrogen-bond donors (Lipinski definition) is 0. The lowest BCUT2D eigenvalue weighted by Crippen LogP contribution is -2.44. The number of piperazine rings is 1. The third-order valence-corrected chi connectivity index (χ3v) is 7.00. The van der Waals surface area contributed by atoms with Gasteiger partial charge in [-0.25, -0.2) is 18.9 Å². The van der Waals surface area contributed by atoms with Crippen LogP contribution in [0.5, 0.6) is 0 Å². The van der Waals surface area contributed by atoms with Crippen molar-refractivity contribution in [3.05, 3.63) is 72.3 Å². The van der Waals surface area contributed by atoms with Gasteiger partial charge in [0.15, 0.2) is 5.65 Å². The number of rotatable bonds is 4. The van der Waals surface area contributed by atoms with Crippen molar-refractivity contribution in [1.82, 2.24) is 24.5 Å². The minimum atomic E-state index is -0.196. The van der Waals surface area contributed by atoms with E-state index in [1.54, 1.807) is 12.1 Å². The van der Waals surface area contributed by atoms with Gasteiger partial charge in [-0.2, -0.15) is 0 Å². The lowest BCUT2D eigenvalue weighted by molar-refractivity contribution is 0.312. The second-order valence-electron chi connectivity index (χ2n) is 9.20. The van der Waals surface area contributed by atoms with E-state index in [9.17, 15) is 4.39 Å². The van der Waals surface area contributed by atoms with Crippen LogP contribution in [0, 0.1) is 5.82 Å². The molecule has 2 aliphatic heterocycles. The van der Waals surface area contributed by atoms with Gasteiger partial charge >= 0.3 is 0 Å². The molecule has 6 rings (SSSR count). The van der Waals surface area contributed by atoms with Gasteiger partial charge in [-0.1, -0.05) is 12.1 Å². The van der Waals surface area contributed by atoms with Crippen molar-refractivity contribution in [3.63, 3.8) is 0 Å². The molecule has 2 aliphatic rings. The summed E-state index contributed by atoms with van der Waals surface area (Å²) >= 11 is 0. The molecular formula is C26H28FN7. The molecule has 0 aliphatic carbocycles. The zero-order valence-corrected chi connectivity index (χ0v) is 19.3. The number of aromatic nitrogens is 4. The molecule has 8 heteroatoms. The van der Waals surface area contributed by atoms with E-state index in [1.807, 2.05) is 41.2 Å². The Morgan fingerprint density at radius 1 is 0.912 bits per heavy atom. The fraction of sp³-hybridized carbons (Fsp3) is 0.346. The number of fused-ring (bicyclic) bond motifs is 1. The maximum Gasteiger partial charge on any atom is 0.154 e. The topological polar surface area (TPSA) is 52.8 Å². The number of imidazole rings is 1. The zero-order chi connectivity index (χ0) is 23.1. The van der Waals surface area contributed by atoms with Crippen LogP contribution in [0.2, 0.25) is 0 Å². The Hall–Kier alpha value is -3.52. The van der Waals surface area contributed by atoms with E-state index in [0.29, 0.717) is 0 Å². The van der Waals surface area contributed by atoms with Crippen LogP contribution in [-0.4, -0.2) is 64.3 Å². The summed E-state index contributed by atoms with van der Waals surface area (Å²) in [5, 5.41) is 4.99. The first-order valence-electron chi connectivity index (χ1n) is 11.9. The van der Waals surface area contributed by atoms with Crippen LogP contribution in [0.3, 0.4) is 0 Å². The Bertz CT molecular complexity index is 1310. The van der Waals surface area contributed by atoms with Crippen LogP contribution in [0.25, 0.3) is 16.9 Å². The molecule has 3 aromatic heterocycles. The third-order valence-electron chi connectivity index (χ3n) is 7.00. The maximum atomic E-state index is 13.9. The van der Waals surface area contributed by atoms with E-state index in [1.165, 1.54) is 6.07 Å². The predicted octanol–water partition coefficient (Wildman–Crippen LogP) is 4.02. The standard InChI is InChI=1S/C26H28FN7/c1-31-12-14-32(15-13-31)26-17-20(9-10-28-26)23-18-29-24-7-8-25(30-34(23)24)33-11-3-6-22(33)19-4-2-5-21(27)16-19/h2,4-5,7-10,16-18,22H,3,6,11-15H2,1H3. The fourth-order valence-electron chi connectivity index (χ4n) is 5.10. The highest BCUT2D eigenvalue weighted by molar-refractivity contribution is 5.66. The Morgan fingerprint density at radius 3 is 2.65 bits per heavy atom. The minimum absolute atomic E-state index is 0.123. The molecular weight excluding hydrogens is 429 g/mol. The van der Waals surface area contributed by atoms with Crippen LogP contribution in [0.1, 0.15) is 24.4 Å². The number of anilines is 2. The second-order valence-corrected chi connectivity index (χ2v) is 9.20. The van der Waals surface area contributed by atoms with Crippen LogP contribution in [0.15, 0.2) is 60.9 Å². The molecule has 0 bridgehead atoms. The molecule has 1 unspecified atom stereocenters. The smallest absolute Gasteiger partial charge is 0.154 e. The Morgan fingerprint density at radius 2 is 1.79 bits per heavy atom. The van der Waals surface area contributed by atoms with Gasteiger partial charge in [0.1, 0.15) is 17.5 Å². The van der Waals surface area contributed by atoms with Gasteiger partial charge in [0.25, 0.3) is 0 Å². The van der Waals surface area contributed by atoms with Crippen LogP contribution < -0.4 is 9.80 Å². The van der Waals surface area contributed by atoms with Gasteiger partial charge in [-0.15, -0.1) is 5.10 Å². The number of halogens is 1. The van der Waals surface area contributed by atoms with E-state index in [4.69, 9.17) is 5.10 Å². The Kier molecular flexibility index (Phi) is 5.37. The van der Waals surface area contributed by atoms with Crippen molar-refractivity contribution in [2.75, 3.05) is 49.6 Å². The largest absolute Gasteiger partial charge is 0.354 e. The van der Waals surface area contributed by atoms with Crippen LogP contribution in [-0.2, 0) is 0 Å². The average molecular weight is 458 g/mol. The summed E-state index contributed by atoms with van der Waals surface area (Å²) in [6.07, 6.45) is 5.78. The quantitative estimate of drug-likeness (QED) is 0.461. The molecule has 2 saturated heterocycles. The lowest BCUT2D eigenvalue weighted by Gasteiger charge is -2.33. The average Bonchev–Trinajstić information content (AvgIpc) is 3.52. The number of nitrogens with zero attached hydrogens (tertiary/aromatic N) is 7. The highest BCUT2D eigenvalue weighted by atomic mass is 19.1. The van der Waals surface area contributed by atoms with Gasteiger partial charge in [0, 0.05) is 44.5 Å². The van der Waals surface area contributed by atoms with E-state index in [0.717, 1.165) is 79.7 Å². The molecule has 0 saturated carbocycles. The van der Waals surface area contributed by atoms with E-state index in [2.05, 4.69) is 37.8 Å². The molecule has 1 aromatic carbocycles. The molecule has 0 amide bonds. The van der Waals surface area contributed by atoms with Crippen molar-refractivity contribution < 1.29 is 4.39 Å². The molecule has 0 radical (unpaired) electrons. The Labute approximate surface area is 198 Å². The van der Waals surface area contributed by atoms with Gasteiger partial charge in [-0.05, 0) is 61.9 Å². The van der Waals surface area contributed by atoms with Gasteiger partial charge in [-0.3, -0.25) is 0 Å². The van der Waals surface area contributed by atoms with Gasteiger partial charge < -0.3 is 14.7 Å². The fourth-order valence-corrected chi connectivity index (χ4v) is 5.10. The number of hydrogen-bond acceptors (Lipinski definition) is 6. The van der Waals surface area contributed by atoms with Crippen LogP contribution in [0.4, 0.5) is 16.0 Å². The number of pyridine rings is 1.